The summed E-state index contributed by atoms with van der Waals surface area (Å²) in [6, 6.07) is 0. The van der Waals surface area contributed by atoms with E-state index >= 15 is 0 Å². The maximum absolute atomic E-state index is 5.25. The third-order valence-corrected chi connectivity index (χ3v) is 4.64. The van der Waals surface area contributed by atoms with Crippen molar-refractivity contribution < 1.29 is 4.74 Å². The van der Waals surface area contributed by atoms with Crippen molar-refractivity contribution in [3.8, 4) is 0 Å². The molecule has 0 aliphatic carbocycles. The second kappa shape index (κ2) is 7.94. The van der Waals surface area contributed by atoms with Crippen LogP contribution in [0.5, 0.6) is 0 Å². The maximum Gasteiger partial charge on any atom is 0.0945 e. The number of rotatable bonds is 8. The number of methoxy groups -OCH3 is 1. The van der Waals surface area contributed by atoms with Gasteiger partial charge >= 0.3 is 0 Å². The minimum atomic E-state index is 0.626. The minimum absolute atomic E-state index is 0.626. The third-order valence-electron chi connectivity index (χ3n) is 3.48. The highest BCUT2D eigenvalue weighted by atomic mass is 32.1. The van der Waals surface area contributed by atoms with E-state index in [1.165, 1.54) is 35.8 Å². The summed E-state index contributed by atoms with van der Waals surface area (Å²) in [6.45, 7) is 8.35. The van der Waals surface area contributed by atoms with Crippen LogP contribution in [-0.2, 0) is 24.3 Å². The van der Waals surface area contributed by atoms with E-state index in [1.807, 2.05) is 11.3 Å². The van der Waals surface area contributed by atoms with Crippen molar-refractivity contribution in [3.63, 3.8) is 0 Å². The molecule has 0 spiro atoms. The van der Waals surface area contributed by atoms with E-state index in [9.17, 15) is 0 Å². The fourth-order valence-corrected chi connectivity index (χ4v) is 3.46. The van der Waals surface area contributed by atoms with Gasteiger partial charge in [0.1, 0.15) is 0 Å². The molecule has 2 heterocycles. The van der Waals surface area contributed by atoms with Gasteiger partial charge in [0.15, 0.2) is 0 Å². The molecule has 0 atom stereocenters. The number of hydrogen-bond acceptors (Lipinski definition) is 5. The highest BCUT2D eigenvalue weighted by Gasteiger charge is 2.14. The Morgan fingerprint density at radius 1 is 1.37 bits per heavy atom. The normalized spacial score (nSPS) is 16.3. The minimum Gasteiger partial charge on any atom is -0.378 e. The van der Waals surface area contributed by atoms with E-state index in [-0.39, 0.29) is 0 Å². The van der Waals surface area contributed by atoms with Gasteiger partial charge in [0.25, 0.3) is 0 Å². The molecule has 5 heteroatoms. The van der Waals surface area contributed by atoms with Gasteiger partial charge in [-0.25, -0.2) is 4.98 Å². The predicted octanol–water partition coefficient (Wildman–Crippen LogP) is 2.04. The fourth-order valence-electron chi connectivity index (χ4n) is 2.43. The fraction of sp³-hybridized carbons (Fsp3) is 0.786. The van der Waals surface area contributed by atoms with Gasteiger partial charge in [-0.3, -0.25) is 0 Å². The lowest BCUT2D eigenvalue weighted by molar-refractivity contribution is 0.181. The molecule has 1 fully saturated rings. The summed E-state index contributed by atoms with van der Waals surface area (Å²) in [7, 11) is 1.74. The Hall–Kier alpha value is -0.490. The van der Waals surface area contributed by atoms with Gasteiger partial charge in [-0.05, 0) is 32.5 Å². The van der Waals surface area contributed by atoms with Crippen molar-refractivity contribution >= 4 is 11.3 Å². The van der Waals surface area contributed by atoms with E-state index in [4.69, 9.17) is 9.72 Å². The Kier molecular flexibility index (Phi) is 6.23. The highest BCUT2D eigenvalue weighted by Crippen LogP contribution is 2.20. The van der Waals surface area contributed by atoms with Gasteiger partial charge in [0, 0.05) is 31.5 Å². The summed E-state index contributed by atoms with van der Waals surface area (Å²) in [4.78, 5) is 8.62. The predicted molar refractivity (Wildman–Crippen MR) is 79.6 cm³/mol. The zero-order chi connectivity index (χ0) is 13.5. The molecule has 1 aliphatic heterocycles. The molecule has 0 amide bonds. The Balaban J connectivity index is 1.91. The summed E-state index contributed by atoms with van der Waals surface area (Å²) >= 11 is 1.84. The number of aromatic nitrogens is 1. The molecule has 0 unspecified atom stereocenters. The molecule has 0 radical (unpaired) electrons. The number of thiazole rings is 1. The van der Waals surface area contributed by atoms with Gasteiger partial charge < -0.3 is 15.0 Å². The third kappa shape index (κ3) is 4.53. The van der Waals surface area contributed by atoms with Crippen LogP contribution in [0.3, 0.4) is 0 Å². The number of nitrogens with zero attached hydrogens (tertiary/aromatic N) is 2. The number of ether oxygens (including phenoxy) is 1. The highest BCUT2D eigenvalue weighted by molar-refractivity contribution is 7.11. The Morgan fingerprint density at radius 2 is 2.16 bits per heavy atom. The van der Waals surface area contributed by atoms with Gasteiger partial charge in [-0.1, -0.05) is 6.92 Å². The van der Waals surface area contributed by atoms with Crippen molar-refractivity contribution in [2.75, 3.05) is 33.3 Å². The zero-order valence-corrected chi connectivity index (χ0v) is 12.9. The molecule has 0 aromatic carbocycles. The van der Waals surface area contributed by atoms with Crippen molar-refractivity contribution in [3.05, 3.63) is 15.6 Å². The van der Waals surface area contributed by atoms with E-state index in [1.54, 1.807) is 7.11 Å². The Labute approximate surface area is 120 Å². The van der Waals surface area contributed by atoms with Crippen LogP contribution in [0.25, 0.3) is 0 Å². The standard InChI is InChI=1S/C14H25N3OS/c1-3-15-10-13-12(11-18-2)16-14(19-13)6-9-17-7-4-5-8-17/h15H,3-11H2,1-2H3. The zero-order valence-electron chi connectivity index (χ0n) is 12.1. The molecule has 108 valence electrons. The first kappa shape index (κ1) is 14.9. The number of nitrogens with one attached hydrogen (secondary N) is 1. The average molecular weight is 283 g/mol. The van der Waals surface area contributed by atoms with E-state index < -0.39 is 0 Å². The van der Waals surface area contributed by atoms with Crippen LogP contribution < -0.4 is 5.32 Å². The first-order valence-corrected chi connectivity index (χ1v) is 8.04. The van der Waals surface area contributed by atoms with Crippen molar-refractivity contribution in [1.29, 1.82) is 0 Å². The van der Waals surface area contributed by atoms with Gasteiger partial charge in [-0.15, -0.1) is 11.3 Å². The SMILES string of the molecule is CCNCc1sc(CCN2CCCC2)nc1COC. The van der Waals surface area contributed by atoms with Crippen LogP contribution in [0, 0.1) is 0 Å². The summed E-state index contributed by atoms with van der Waals surface area (Å²) in [6.07, 6.45) is 3.80. The molecule has 1 saturated heterocycles. The van der Waals surface area contributed by atoms with Crippen molar-refractivity contribution in [2.24, 2.45) is 0 Å². The summed E-state index contributed by atoms with van der Waals surface area (Å²) in [5.74, 6) is 0. The molecule has 1 aliphatic rings. The van der Waals surface area contributed by atoms with E-state index in [0.29, 0.717) is 6.61 Å². The molecule has 0 saturated carbocycles. The Bertz CT molecular complexity index is 375. The van der Waals surface area contributed by atoms with Crippen LogP contribution >= 0.6 is 11.3 Å². The average Bonchev–Trinajstić information content (AvgIpc) is 3.04. The maximum atomic E-state index is 5.25. The van der Waals surface area contributed by atoms with Gasteiger partial charge in [0.05, 0.1) is 17.3 Å². The molecule has 2 rings (SSSR count). The molecular formula is C14H25N3OS. The van der Waals surface area contributed by atoms with Crippen molar-refractivity contribution in [2.45, 2.75) is 39.3 Å². The lowest BCUT2D eigenvalue weighted by atomic mass is 10.3. The summed E-state index contributed by atoms with van der Waals surface area (Å²) < 4.78 is 5.25. The Morgan fingerprint density at radius 3 is 2.84 bits per heavy atom. The molecule has 1 aromatic rings. The second-order valence-corrected chi connectivity index (χ2v) is 6.16. The van der Waals surface area contributed by atoms with E-state index in [2.05, 4.69) is 17.1 Å². The lowest BCUT2D eigenvalue weighted by Gasteiger charge is -2.12. The van der Waals surface area contributed by atoms with E-state index in [0.717, 1.165) is 31.7 Å². The first-order valence-electron chi connectivity index (χ1n) is 7.23. The van der Waals surface area contributed by atoms with Gasteiger partial charge in [-0.2, -0.15) is 0 Å². The van der Waals surface area contributed by atoms with Crippen LogP contribution in [0.2, 0.25) is 0 Å². The molecular weight excluding hydrogens is 258 g/mol. The second-order valence-electron chi connectivity index (χ2n) is 4.99. The quantitative estimate of drug-likeness (QED) is 0.792. The molecule has 4 nitrogen and oxygen atoms in total. The van der Waals surface area contributed by atoms with Crippen LogP contribution in [-0.4, -0.2) is 43.2 Å². The molecule has 1 N–H and O–H groups in total. The monoisotopic (exact) mass is 283 g/mol. The topological polar surface area (TPSA) is 37.4 Å². The van der Waals surface area contributed by atoms with Crippen LogP contribution in [0.15, 0.2) is 0 Å². The lowest BCUT2D eigenvalue weighted by Crippen LogP contribution is -2.21. The van der Waals surface area contributed by atoms with Crippen molar-refractivity contribution in [1.82, 2.24) is 15.2 Å². The number of hydrogen-bond donors (Lipinski definition) is 1. The largest absolute Gasteiger partial charge is 0.378 e. The van der Waals surface area contributed by atoms with Crippen LogP contribution in [0.4, 0.5) is 0 Å². The first-order chi connectivity index (χ1) is 9.33. The molecule has 0 bridgehead atoms. The van der Waals surface area contributed by atoms with Crippen LogP contribution in [0.1, 0.15) is 35.3 Å². The molecule has 1 aromatic heterocycles. The molecule has 19 heavy (non-hydrogen) atoms. The smallest absolute Gasteiger partial charge is 0.0945 e. The number of likely N-dealkylation sites (tertiary alicyclic amines) is 1. The summed E-state index contributed by atoms with van der Waals surface area (Å²) in [5.41, 5.74) is 1.12. The summed E-state index contributed by atoms with van der Waals surface area (Å²) in [5, 5.41) is 4.63. The van der Waals surface area contributed by atoms with Gasteiger partial charge in [0.2, 0.25) is 0 Å².